The fraction of sp³-hybridized carbons (Fsp3) is 0.909. The van der Waals surface area contributed by atoms with Gasteiger partial charge in [-0.25, -0.2) is 0 Å². The fourth-order valence-electron chi connectivity index (χ4n) is 1.26. The van der Waals surface area contributed by atoms with E-state index in [2.05, 4.69) is 10.2 Å². The lowest BCUT2D eigenvalue weighted by atomic mass is 9.97. The molecule has 0 fully saturated rings. The number of hydrogen-bond donors (Lipinski definition) is 2. The molecule has 16 heavy (non-hydrogen) atoms. The van der Waals surface area contributed by atoms with Crippen molar-refractivity contribution in [1.29, 1.82) is 0 Å². The summed E-state index contributed by atoms with van der Waals surface area (Å²) in [6.45, 7) is 6.94. The van der Waals surface area contributed by atoms with E-state index in [9.17, 15) is 4.79 Å². The van der Waals surface area contributed by atoms with Crippen molar-refractivity contribution in [3.8, 4) is 0 Å². The standard InChI is InChI=1S/C11H25N3O2/c1-5-16-9-8-14(4)7-6-11(2,13-3)10(12)15/h13H,5-9H2,1-4H3,(H2,12,15). The number of nitrogens with two attached hydrogens (primary N) is 1. The van der Waals surface area contributed by atoms with Crippen molar-refractivity contribution >= 4 is 5.91 Å². The van der Waals surface area contributed by atoms with Crippen LogP contribution in [0.15, 0.2) is 0 Å². The Hall–Kier alpha value is -0.650. The van der Waals surface area contributed by atoms with Crippen LogP contribution in [0.2, 0.25) is 0 Å². The van der Waals surface area contributed by atoms with Crippen LogP contribution in [0.5, 0.6) is 0 Å². The van der Waals surface area contributed by atoms with Crippen molar-refractivity contribution in [3.05, 3.63) is 0 Å². The van der Waals surface area contributed by atoms with Crippen molar-refractivity contribution in [1.82, 2.24) is 10.2 Å². The smallest absolute Gasteiger partial charge is 0.237 e. The Morgan fingerprint density at radius 1 is 1.50 bits per heavy atom. The number of nitrogens with one attached hydrogen (secondary N) is 1. The molecule has 0 aromatic carbocycles. The summed E-state index contributed by atoms with van der Waals surface area (Å²) >= 11 is 0. The first-order valence-corrected chi connectivity index (χ1v) is 5.71. The zero-order chi connectivity index (χ0) is 12.6. The molecule has 0 rings (SSSR count). The molecule has 1 amide bonds. The average molecular weight is 231 g/mol. The highest BCUT2D eigenvalue weighted by Gasteiger charge is 2.28. The average Bonchev–Trinajstić information content (AvgIpc) is 2.26. The molecule has 0 radical (unpaired) electrons. The van der Waals surface area contributed by atoms with Crippen molar-refractivity contribution in [3.63, 3.8) is 0 Å². The molecule has 1 unspecified atom stereocenters. The second-order valence-electron chi connectivity index (χ2n) is 4.20. The number of amides is 1. The quantitative estimate of drug-likeness (QED) is 0.540. The number of rotatable bonds is 9. The third-order valence-corrected chi connectivity index (χ3v) is 2.91. The van der Waals surface area contributed by atoms with Gasteiger partial charge in [-0.3, -0.25) is 4.79 Å². The van der Waals surface area contributed by atoms with Crippen LogP contribution in [-0.4, -0.2) is 56.7 Å². The second kappa shape index (κ2) is 7.60. The summed E-state index contributed by atoms with van der Waals surface area (Å²) in [5.74, 6) is -0.312. The summed E-state index contributed by atoms with van der Waals surface area (Å²) < 4.78 is 5.26. The van der Waals surface area contributed by atoms with Gasteiger partial charge in [0.05, 0.1) is 12.1 Å². The predicted molar refractivity (Wildman–Crippen MR) is 65.3 cm³/mol. The molecule has 0 bridgehead atoms. The lowest BCUT2D eigenvalue weighted by molar-refractivity contribution is -0.124. The monoisotopic (exact) mass is 231 g/mol. The van der Waals surface area contributed by atoms with Crippen LogP contribution in [0.4, 0.5) is 0 Å². The lowest BCUT2D eigenvalue weighted by Gasteiger charge is -2.28. The largest absolute Gasteiger partial charge is 0.380 e. The molecule has 0 aromatic rings. The first-order valence-electron chi connectivity index (χ1n) is 5.71. The zero-order valence-corrected chi connectivity index (χ0v) is 10.9. The highest BCUT2D eigenvalue weighted by molar-refractivity contribution is 5.84. The van der Waals surface area contributed by atoms with Gasteiger partial charge in [-0.15, -0.1) is 0 Å². The van der Waals surface area contributed by atoms with Gasteiger partial charge in [-0.1, -0.05) is 0 Å². The Morgan fingerprint density at radius 2 is 2.12 bits per heavy atom. The minimum absolute atomic E-state index is 0.312. The van der Waals surface area contributed by atoms with E-state index in [0.717, 1.165) is 26.3 Å². The van der Waals surface area contributed by atoms with Crippen molar-refractivity contribution in [2.75, 3.05) is 40.4 Å². The number of likely N-dealkylation sites (N-methyl/N-ethyl adjacent to an activating group) is 2. The lowest BCUT2D eigenvalue weighted by Crippen LogP contribution is -2.53. The van der Waals surface area contributed by atoms with Crippen molar-refractivity contribution < 1.29 is 9.53 Å². The van der Waals surface area contributed by atoms with Crippen LogP contribution in [0, 0.1) is 0 Å². The van der Waals surface area contributed by atoms with Gasteiger partial charge in [-0.05, 0) is 34.4 Å². The summed E-state index contributed by atoms with van der Waals surface area (Å²) in [5.41, 5.74) is 4.72. The van der Waals surface area contributed by atoms with E-state index in [0.29, 0.717) is 6.42 Å². The second-order valence-corrected chi connectivity index (χ2v) is 4.20. The van der Waals surface area contributed by atoms with E-state index in [-0.39, 0.29) is 5.91 Å². The van der Waals surface area contributed by atoms with Crippen LogP contribution in [0.3, 0.4) is 0 Å². The Labute approximate surface area is 98.3 Å². The van der Waals surface area contributed by atoms with Crippen molar-refractivity contribution in [2.45, 2.75) is 25.8 Å². The van der Waals surface area contributed by atoms with Gasteiger partial charge in [-0.2, -0.15) is 0 Å². The number of ether oxygens (including phenoxy) is 1. The van der Waals surface area contributed by atoms with E-state index in [1.54, 1.807) is 7.05 Å². The molecule has 1 atom stereocenters. The highest BCUT2D eigenvalue weighted by Crippen LogP contribution is 2.08. The maximum absolute atomic E-state index is 11.2. The molecule has 0 aliphatic heterocycles. The summed E-state index contributed by atoms with van der Waals surface area (Å²) in [6, 6.07) is 0. The van der Waals surface area contributed by atoms with Gasteiger partial charge < -0.3 is 20.7 Å². The van der Waals surface area contributed by atoms with E-state index in [1.807, 2.05) is 20.9 Å². The maximum Gasteiger partial charge on any atom is 0.237 e. The molecule has 0 saturated carbocycles. The van der Waals surface area contributed by atoms with Gasteiger partial charge in [0.15, 0.2) is 0 Å². The molecule has 3 N–H and O–H groups in total. The van der Waals surface area contributed by atoms with Crippen LogP contribution in [0.25, 0.3) is 0 Å². The molecule has 5 heteroatoms. The van der Waals surface area contributed by atoms with Gasteiger partial charge in [0.25, 0.3) is 0 Å². The molecule has 0 spiro atoms. The molecule has 96 valence electrons. The van der Waals surface area contributed by atoms with E-state index >= 15 is 0 Å². The molecule has 0 aliphatic carbocycles. The number of hydrogen-bond acceptors (Lipinski definition) is 4. The normalized spacial score (nSPS) is 15.1. The minimum Gasteiger partial charge on any atom is -0.380 e. The Balaban J connectivity index is 3.88. The first-order chi connectivity index (χ1) is 7.46. The molecule has 0 heterocycles. The van der Waals surface area contributed by atoms with E-state index < -0.39 is 5.54 Å². The highest BCUT2D eigenvalue weighted by atomic mass is 16.5. The SMILES string of the molecule is CCOCCN(C)CCC(C)(NC)C(N)=O. The summed E-state index contributed by atoms with van der Waals surface area (Å²) in [6.07, 6.45) is 0.696. The number of carbonyl (C=O) groups is 1. The van der Waals surface area contributed by atoms with Crippen LogP contribution >= 0.6 is 0 Å². The van der Waals surface area contributed by atoms with E-state index in [1.165, 1.54) is 0 Å². The summed E-state index contributed by atoms with van der Waals surface area (Å²) in [7, 11) is 3.76. The Morgan fingerprint density at radius 3 is 2.56 bits per heavy atom. The van der Waals surface area contributed by atoms with Gasteiger partial charge >= 0.3 is 0 Å². The third-order valence-electron chi connectivity index (χ3n) is 2.91. The zero-order valence-electron chi connectivity index (χ0n) is 10.9. The molecule has 0 aliphatic rings. The van der Waals surface area contributed by atoms with Crippen LogP contribution in [0.1, 0.15) is 20.3 Å². The molecular weight excluding hydrogens is 206 g/mol. The number of primary amides is 1. The van der Waals surface area contributed by atoms with E-state index in [4.69, 9.17) is 10.5 Å². The number of nitrogens with zero attached hydrogens (tertiary/aromatic N) is 1. The Kier molecular flexibility index (Phi) is 7.29. The molecule has 0 aromatic heterocycles. The molecular formula is C11H25N3O2. The first kappa shape index (κ1) is 15.3. The van der Waals surface area contributed by atoms with Crippen LogP contribution < -0.4 is 11.1 Å². The molecule has 5 nitrogen and oxygen atoms in total. The number of carbonyl (C=O) groups excluding carboxylic acids is 1. The molecule has 0 saturated heterocycles. The summed E-state index contributed by atoms with van der Waals surface area (Å²) in [4.78, 5) is 13.4. The fourth-order valence-corrected chi connectivity index (χ4v) is 1.26. The summed E-state index contributed by atoms with van der Waals surface area (Å²) in [5, 5.41) is 2.97. The Bertz CT molecular complexity index is 211. The van der Waals surface area contributed by atoms with Crippen molar-refractivity contribution in [2.24, 2.45) is 5.73 Å². The van der Waals surface area contributed by atoms with Crippen LogP contribution in [-0.2, 0) is 9.53 Å². The maximum atomic E-state index is 11.2. The minimum atomic E-state index is -0.625. The van der Waals surface area contributed by atoms with Gasteiger partial charge in [0, 0.05) is 19.7 Å². The topological polar surface area (TPSA) is 67.6 Å². The van der Waals surface area contributed by atoms with Gasteiger partial charge in [0.1, 0.15) is 0 Å². The third kappa shape index (κ3) is 5.44. The predicted octanol–water partition coefficient (Wildman–Crippen LogP) is -0.192. The van der Waals surface area contributed by atoms with Gasteiger partial charge in [0.2, 0.25) is 5.91 Å².